The quantitative estimate of drug-likeness (QED) is 0.682. The van der Waals surface area contributed by atoms with Crippen LogP contribution in [0.4, 0.5) is 0 Å². The summed E-state index contributed by atoms with van der Waals surface area (Å²) in [6.07, 6.45) is 1.08. The Hall–Kier alpha value is -1.93. The van der Waals surface area contributed by atoms with Gasteiger partial charge >= 0.3 is 5.97 Å². The number of rotatable bonds is 7. The summed E-state index contributed by atoms with van der Waals surface area (Å²) >= 11 is 0. The number of carboxylic acids is 1. The highest BCUT2D eigenvalue weighted by Gasteiger charge is 2.50. The molecule has 0 radical (unpaired) electrons. The molecule has 0 saturated heterocycles. The molecule has 1 aromatic rings. The molecule has 1 amide bonds. The van der Waals surface area contributed by atoms with Gasteiger partial charge in [0.05, 0.1) is 10.3 Å². The second-order valence-electron chi connectivity index (χ2n) is 5.75. The number of amides is 1. The van der Waals surface area contributed by atoms with Crippen LogP contribution < -0.4 is 10.0 Å². The maximum Gasteiger partial charge on any atom is 0.311 e. The predicted octanol–water partition coefficient (Wildman–Crippen LogP) is 0.888. The van der Waals surface area contributed by atoms with Crippen molar-refractivity contribution in [3.63, 3.8) is 0 Å². The maximum atomic E-state index is 12.3. The van der Waals surface area contributed by atoms with Gasteiger partial charge in [-0.25, -0.2) is 13.1 Å². The van der Waals surface area contributed by atoms with Gasteiger partial charge in [-0.3, -0.25) is 9.59 Å². The fourth-order valence-electron chi connectivity index (χ4n) is 2.25. The highest BCUT2D eigenvalue weighted by molar-refractivity contribution is 7.89. The van der Waals surface area contributed by atoms with Crippen LogP contribution in [0.3, 0.4) is 0 Å². The van der Waals surface area contributed by atoms with Crippen molar-refractivity contribution >= 4 is 21.9 Å². The average Bonchev–Trinajstić information content (AvgIpc) is 3.26. The summed E-state index contributed by atoms with van der Waals surface area (Å²) in [4.78, 5) is 23.4. The summed E-state index contributed by atoms with van der Waals surface area (Å²) in [5.41, 5.74) is -0.0138. The summed E-state index contributed by atoms with van der Waals surface area (Å²) in [5.74, 6) is -1.39. The first-order chi connectivity index (χ1) is 10.7. The molecule has 8 heteroatoms. The molecular formula is C15H20N2O5S. The Morgan fingerprint density at radius 3 is 2.48 bits per heavy atom. The molecule has 0 heterocycles. The Morgan fingerprint density at radius 1 is 1.30 bits per heavy atom. The van der Waals surface area contributed by atoms with Gasteiger partial charge in [0.2, 0.25) is 10.0 Å². The van der Waals surface area contributed by atoms with Crippen molar-refractivity contribution in [1.29, 1.82) is 0 Å². The van der Waals surface area contributed by atoms with Gasteiger partial charge in [-0.2, -0.15) is 0 Å². The van der Waals surface area contributed by atoms with Gasteiger partial charge in [-0.05, 0) is 37.5 Å². The number of hydrogen-bond acceptors (Lipinski definition) is 4. The van der Waals surface area contributed by atoms with Crippen LogP contribution in [0.1, 0.15) is 35.7 Å². The lowest BCUT2D eigenvalue weighted by Gasteiger charge is -2.13. The Labute approximate surface area is 135 Å². The number of aryl methyl sites for hydroxylation is 1. The summed E-state index contributed by atoms with van der Waals surface area (Å²) in [7, 11) is -3.65. The van der Waals surface area contributed by atoms with Crippen LogP contribution in [0, 0.1) is 12.3 Å². The van der Waals surface area contributed by atoms with E-state index in [0.29, 0.717) is 18.4 Å². The van der Waals surface area contributed by atoms with E-state index in [-0.39, 0.29) is 23.5 Å². The van der Waals surface area contributed by atoms with Gasteiger partial charge < -0.3 is 10.4 Å². The molecule has 3 N–H and O–H groups in total. The molecule has 0 aromatic heterocycles. The minimum atomic E-state index is -3.65. The number of nitrogens with one attached hydrogen (secondary N) is 2. The van der Waals surface area contributed by atoms with Gasteiger partial charge in [0.15, 0.2) is 0 Å². The topological polar surface area (TPSA) is 113 Å². The van der Waals surface area contributed by atoms with E-state index >= 15 is 0 Å². The Morgan fingerprint density at radius 2 is 1.96 bits per heavy atom. The third-order valence-corrected chi connectivity index (χ3v) is 5.54. The standard InChI is InChI=1S/C15H20N2O5S/c1-3-17-23(21,22)11-5-4-10(2)12(8-11)13(18)16-9-15(6-7-15)14(19)20/h4-5,8,17H,3,6-7,9H2,1-2H3,(H,16,18)(H,19,20). The van der Waals surface area contributed by atoms with Crippen LogP contribution in [0.5, 0.6) is 0 Å². The fourth-order valence-corrected chi connectivity index (χ4v) is 3.31. The maximum absolute atomic E-state index is 12.3. The molecule has 1 aliphatic carbocycles. The molecule has 0 spiro atoms. The molecule has 1 fully saturated rings. The van der Waals surface area contributed by atoms with Crippen LogP contribution in [0.15, 0.2) is 23.1 Å². The van der Waals surface area contributed by atoms with Crippen LogP contribution >= 0.6 is 0 Å². The molecule has 1 saturated carbocycles. The molecule has 1 aromatic carbocycles. The molecule has 0 unspecified atom stereocenters. The van der Waals surface area contributed by atoms with Crippen LogP contribution in [-0.4, -0.2) is 38.5 Å². The van der Waals surface area contributed by atoms with Crippen molar-refractivity contribution in [3.05, 3.63) is 29.3 Å². The Bertz CT molecular complexity index is 738. The Kier molecular flexibility index (Phi) is 4.76. The summed E-state index contributed by atoms with van der Waals surface area (Å²) in [6, 6.07) is 4.30. The number of sulfonamides is 1. The lowest BCUT2D eigenvalue weighted by Crippen LogP contribution is -2.34. The van der Waals surface area contributed by atoms with Gasteiger partial charge in [0.25, 0.3) is 5.91 Å². The van der Waals surface area contributed by atoms with Crippen LogP contribution in [0.25, 0.3) is 0 Å². The number of benzene rings is 1. The Balaban J connectivity index is 2.18. The van der Waals surface area contributed by atoms with E-state index in [1.165, 1.54) is 12.1 Å². The second kappa shape index (κ2) is 6.29. The van der Waals surface area contributed by atoms with E-state index in [2.05, 4.69) is 10.0 Å². The zero-order valence-electron chi connectivity index (χ0n) is 13.0. The number of carboxylic acid groups (broad SMARTS) is 1. The third-order valence-electron chi connectivity index (χ3n) is 3.99. The van der Waals surface area contributed by atoms with E-state index in [4.69, 9.17) is 5.11 Å². The van der Waals surface area contributed by atoms with Gasteiger partial charge in [0.1, 0.15) is 0 Å². The minimum absolute atomic E-state index is 0.00877. The molecule has 23 heavy (non-hydrogen) atoms. The summed E-state index contributed by atoms with van der Waals surface area (Å²) in [6.45, 7) is 3.66. The molecule has 0 aliphatic heterocycles. The van der Waals surface area contributed by atoms with E-state index in [9.17, 15) is 18.0 Å². The van der Waals surface area contributed by atoms with E-state index in [0.717, 1.165) is 0 Å². The molecule has 126 valence electrons. The van der Waals surface area contributed by atoms with Crippen LogP contribution in [0.2, 0.25) is 0 Å². The van der Waals surface area contributed by atoms with Gasteiger partial charge in [-0.1, -0.05) is 13.0 Å². The van der Waals surface area contributed by atoms with Crippen molar-refractivity contribution in [1.82, 2.24) is 10.0 Å². The summed E-state index contributed by atoms with van der Waals surface area (Å²) < 4.78 is 26.4. The molecular weight excluding hydrogens is 320 g/mol. The van der Waals surface area contributed by atoms with Gasteiger partial charge in [-0.15, -0.1) is 0 Å². The monoisotopic (exact) mass is 340 g/mol. The molecule has 2 rings (SSSR count). The first-order valence-corrected chi connectivity index (χ1v) is 8.82. The normalized spacial score (nSPS) is 15.9. The minimum Gasteiger partial charge on any atom is -0.481 e. The van der Waals surface area contributed by atoms with Crippen molar-refractivity contribution < 1.29 is 23.1 Å². The molecule has 0 bridgehead atoms. The van der Waals surface area contributed by atoms with E-state index in [1.807, 2.05) is 0 Å². The van der Waals surface area contributed by atoms with Gasteiger partial charge in [0, 0.05) is 18.7 Å². The highest BCUT2D eigenvalue weighted by atomic mass is 32.2. The second-order valence-corrected chi connectivity index (χ2v) is 7.51. The van der Waals surface area contributed by atoms with Crippen molar-refractivity contribution in [3.8, 4) is 0 Å². The lowest BCUT2D eigenvalue weighted by atomic mass is 10.1. The van der Waals surface area contributed by atoms with E-state index < -0.39 is 27.3 Å². The first-order valence-electron chi connectivity index (χ1n) is 7.34. The van der Waals surface area contributed by atoms with Crippen molar-refractivity contribution in [2.75, 3.05) is 13.1 Å². The number of carbonyl (C=O) groups excluding carboxylic acids is 1. The number of hydrogen-bond donors (Lipinski definition) is 3. The molecule has 0 atom stereocenters. The van der Waals surface area contributed by atoms with Crippen molar-refractivity contribution in [2.45, 2.75) is 31.6 Å². The van der Waals surface area contributed by atoms with Crippen LogP contribution in [-0.2, 0) is 14.8 Å². The predicted molar refractivity (Wildman–Crippen MR) is 83.7 cm³/mol. The van der Waals surface area contributed by atoms with E-state index in [1.54, 1.807) is 19.9 Å². The molecule has 7 nitrogen and oxygen atoms in total. The summed E-state index contributed by atoms with van der Waals surface area (Å²) in [5, 5.41) is 11.7. The third kappa shape index (κ3) is 3.70. The highest BCUT2D eigenvalue weighted by Crippen LogP contribution is 2.45. The largest absolute Gasteiger partial charge is 0.481 e. The smallest absolute Gasteiger partial charge is 0.311 e. The lowest BCUT2D eigenvalue weighted by molar-refractivity contribution is -0.143. The van der Waals surface area contributed by atoms with Crippen molar-refractivity contribution in [2.24, 2.45) is 5.41 Å². The SMILES string of the molecule is CCNS(=O)(=O)c1ccc(C)c(C(=O)NCC2(C(=O)O)CC2)c1. The average molecular weight is 340 g/mol. The zero-order valence-corrected chi connectivity index (χ0v) is 13.9. The number of aliphatic carboxylic acids is 1. The zero-order chi connectivity index (χ0) is 17.3. The first kappa shape index (κ1) is 17.4. The number of carbonyl (C=O) groups is 2. The fraction of sp³-hybridized carbons (Fsp3) is 0.467. The molecule has 1 aliphatic rings.